The van der Waals surface area contributed by atoms with Gasteiger partial charge in [0, 0.05) is 18.7 Å². The maximum absolute atomic E-state index is 2.40. The molecule has 2 aromatic rings. The first kappa shape index (κ1) is 11.5. The van der Waals surface area contributed by atoms with Gasteiger partial charge in [-0.2, -0.15) is 0 Å². The molecule has 0 spiro atoms. The quantitative estimate of drug-likeness (QED) is 0.734. The maximum atomic E-state index is 2.40. The third kappa shape index (κ3) is 1.63. The van der Waals surface area contributed by atoms with E-state index >= 15 is 0 Å². The van der Waals surface area contributed by atoms with Crippen molar-refractivity contribution in [2.45, 2.75) is 12.0 Å². The van der Waals surface area contributed by atoms with Crippen LogP contribution in [0.25, 0.3) is 11.1 Å². The number of benzene rings is 2. The average molecular weight is 259 g/mol. The Bertz CT molecular complexity index is 697. The molecular weight excluding hydrogens is 242 g/mol. The lowest BCUT2D eigenvalue weighted by Gasteiger charge is -2.24. The number of hydrogen-bond donors (Lipinski definition) is 0. The van der Waals surface area contributed by atoms with Crippen molar-refractivity contribution in [3.63, 3.8) is 0 Å². The van der Waals surface area contributed by atoms with Crippen LogP contribution in [0.5, 0.6) is 0 Å². The van der Waals surface area contributed by atoms with E-state index in [1.807, 2.05) is 0 Å². The van der Waals surface area contributed by atoms with Gasteiger partial charge in [0.25, 0.3) is 0 Å². The number of allylic oxidation sites excluding steroid dienone is 2. The Hall–Kier alpha value is -2.28. The van der Waals surface area contributed by atoms with E-state index in [1.54, 1.807) is 0 Å². The van der Waals surface area contributed by atoms with Crippen molar-refractivity contribution in [1.82, 2.24) is 0 Å². The van der Waals surface area contributed by atoms with Gasteiger partial charge < -0.3 is 4.90 Å². The first-order chi connectivity index (χ1) is 9.84. The molecule has 2 atom stereocenters. The summed E-state index contributed by atoms with van der Waals surface area (Å²) in [6, 6.07) is 17.9. The van der Waals surface area contributed by atoms with Crippen molar-refractivity contribution < 1.29 is 0 Å². The van der Waals surface area contributed by atoms with Gasteiger partial charge in [-0.3, -0.25) is 0 Å². The summed E-state index contributed by atoms with van der Waals surface area (Å²) in [6.45, 7) is 0. The summed E-state index contributed by atoms with van der Waals surface area (Å²) in [6.07, 6.45) is 8.93. The number of fused-ring (bicyclic) bond motifs is 3. The van der Waals surface area contributed by atoms with Gasteiger partial charge in [-0.1, -0.05) is 66.8 Å². The molecule has 1 aliphatic heterocycles. The van der Waals surface area contributed by atoms with Crippen molar-refractivity contribution in [3.8, 4) is 11.1 Å². The lowest BCUT2D eigenvalue weighted by Crippen LogP contribution is -2.28. The highest BCUT2D eigenvalue weighted by molar-refractivity contribution is 5.74. The van der Waals surface area contributed by atoms with Crippen LogP contribution in [0.1, 0.15) is 11.5 Å². The second-order valence-corrected chi connectivity index (χ2v) is 5.54. The Balaban J connectivity index is 1.82. The zero-order valence-corrected chi connectivity index (χ0v) is 11.5. The molecule has 0 aromatic heterocycles. The van der Waals surface area contributed by atoms with Crippen molar-refractivity contribution in [2.24, 2.45) is 0 Å². The molecule has 4 rings (SSSR count). The van der Waals surface area contributed by atoms with Crippen LogP contribution in [0.4, 0.5) is 5.69 Å². The summed E-state index contributed by atoms with van der Waals surface area (Å²) in [7, 11) is 2.20. The fourth-order valence-corrected chi connectivity index (χ4v) is 3.35. The second-order valence-electron chi connectivity index (χ2n) is 5.54. The Kier molecular flexibility index (Phi) is 2.53. The summed E-state index contributed by atoms with van der Waals surface area (Å²) >= 11 is 0. The van der Waals surface area contributed by atoms with Gasteiger partial charge in [0.05, 0.1) is 6.04 Å². The molecule has 98 valence electrons. The zero-order valence-electron chi connectivity index (χ0n) is 11.5. The third-order valence-corrected chi connectivity index (χ3v) is 4.43. The predicted molar refractivity (Wildman–Crippen MR) is 85.1 cm³/mol. The van der Waals surface area contributed by atoms with Crippen LogP contribution in [-0.2, 0) is 0 Å². The largest absolute Gasteiger partial charge is 0.367 e. The van der Waals surface area contributed by atoms with E-state index in [0.29, 0.717) is 12.0 Å². The zero-order chi connectivity index (χ0) is 13.5. The van der Waals surface area contributed by atoms with Gasteiger partial charge in [0.15, 0.2) is 0 Å². The van der Waals surface area contributed by atoms with Crippen LogP contribution >= 0.6 is 0 Å². The molecule has 0 saturated carbocycles. The highest BCUT2D eigenvalue weighted by Crippen LogP contribution is 2.44. The average Bonchev–Trinajstić information content (AvgIpc) is 2.81. The molecule has 1 nitrogen and oxygen atoms in total. The van der Waals surface area contributed by atoms with E-state index in [4.69, 9.17) is 0 Å². The van der Waals surface area contributed by atoms with E-state index < -0.39 is 0 Å². The molecule has 0 N–H and O–H groups in total. The summed E-state index contributed by atoms with van der Waals surface area (Å²) < 4.78 is 0. The molecule has 2 aliphatic rings. The summed E-state index contributed by atoms with van der Waals surface area (Å²) in [4.78, 5) is 2.40. The minimum Gasteiger partial charge on any atom is -0.367 e. The van der Waals surface area contributed by atoms with Crippen molar-refractivity contribution in [3.05, 3.63) is 78.4 Å². The van der Waals surface area contributed by atoms with Crippen LogP contribution in [-0.4, -0.2) is 13.1 Å². The van der Waals surface area contributed by atoms with Gasteiger partial charge in [-0.15, -0.1) is 0 Å². The van der Waals surface area contributed by atoms with Gasteiger partial charge in [0.2, 0.25) is 0 Å². The topological polar surface area (TPSA) is 3.24 Å². The molecule has 20 heavy (non-hydrogen) atoms. The first-order valence-electron chi connectivity index (χ1n) is 7.12. The van der Waals surface area contributed by atoms with Crippen LogP contribution in [0, 0.1) is 0 Å². The minimum absolute atomic E-state index is 0.473. The van der Waals surface area contributed by atoms with Gasteiger partial charge >= 0.3 is 0 Å². The van der Waals surface area contributed by atoms with Crippen LogP contribution in [0.15, 0.2) is 72.8 Å². The number of anilines is 1. The summed E-state index contributed by atoms with van der Waals surface area (Å²) in [5.74, 6) is 0.504. The fourth-order valence-electron chi connectivity index (χ4n) is 3.35. The van der Waals surface area contributed by atoms with Crippen LogP contribution in [0.2, 0.25) is 0 Å². The summed E-state index contributed by atoms with van der Waals surface area (Å²) in [5.41, 5.74) is 5.38. The predicted octanol–water partition coefficient (Wildman–Crippen LogP) is 4.38. The van der Waals surface area contributed by atoms with Crippen LogP contribution in [0.3, 0.4) is 0 Å². The lowest BCUT2D eigenvalue weighted by molar-refractivity contribution is 0.723. The highest BCUT2D eigenvalue weighted by Gasteiger charge is 2.34. The molecule has 0 saturated heterocycles. The third-order valence-electron chi connectivity index (χ3n) is 4.43. The summed E-state index contributed by atoms with van der Waals surface area (Å²) in [5, 5.41) is 0. The smallest absolute Gasteiger partial charge is 0.0577 e. The Labute approximate surface area is 119 Å². The molecule has 2 aromatic carbocycles. The van der Waals surface area contributed by atoms with Gasteiger partial charge in [0.1, 0.15) is 0 Å². The van der Waals surface area contributed by atoms with E-state index in [-0.39, 0.29) is 0 Å². The van der Waals surface area contributed by atoms with Gasteiger partial charge in [-0.05, 0) is 22.8 Å². The molecule has 2 unspecified atom stereocenters. The van der Waals surface area contributed by atoms with Crippen molar-refractivity contribution in [2.75, 3.05) is 11.9 Å². The van der Waals surface area contributed by atoms with E-state index in [1.165, 1.54) is 22.4 Å². The van der Waals surface area contributed by atoms with E-state index in [0.717, 1.165) is 0 Å². The van der Waals surface area contributed by atoms with Crippen LogP contribution < -0.4 is 4.90 Å². The molecular formula is C19H17N. The molecule has 0 fully saturated rings. The standard InChI is InChI=1S/C19H17N/c1-20-18-10-6-5-9-16(18)17-12-11-15(13-19(17)20)14-7-3-2-4-8-14/h2-13,16,18H,1H3. The SMILES string of the molecule is CN1c2cc(-c3ccccc3)ccc2C2C=CC=CC21. The van der Waals surface area contributed by atoms with E-state index in [2.05, 4.69) is 84.8 Å². The molecule has 1 heteroatoms. The first-order valence-corrected chi connectivity index (χ1v) is 7.12. The minimum atomic E-state index is 0.473. The van der Waals surface area contributed by atoms with Crippen molar-refractivity contribution in [1.29, 1.82) is 0 Å². The Morgan fingerprint density at radius 2 is 1.65 bits per heavy atom. The monoisotopic (exact) mass is 259 g/mol. The normalized spacial score (nSPS) is 22.8. The number of nitrogens with zero attached hydrogens (tertiary/aromatic N) is 1. The second kappa shape index (κ2) is 4.38. The molecule has 0 bridgehead atoms. The Morgan fingerprint density at radius 3 is 2.50 bits per heavy atom. The Morgan fingerprint density at radius 1 is 0.850 bits per heavy atom. The number of rotatable bonds is 1. The number of hydrogen-bond acceptors (Lipinski definition) is 1. The van der Waals surface area contributed by atoms with E-state index in [9.17, 15) is 0 Å². The molecule has 1 aliphatic carbocycles. The highest BCUT2D eigenvalue weighted by atomic mass is 15.2. The molecule has 0 radical (unpaired) electrons. The van der Waals surface area contributed by atoms with Crippen molar-refractivity contribution >= 4 is 5.69 Å². The molecule has 0 amide bonds. The lowest BCUT2D eigenvalue weighted by atomic mass is 9.91. The fraction of sp³-hybridized carbons (Fsp3) is 0.158. The number of likely N-dealkylation sites (N-methyl/N-ethyl adjacent to an activating group) is 1. The van der Waals surface area contributed by atoms with Gasteiger partial charge in [-0.25, -0.2) is 0 Å². The molecule has 1 heterocycles. The maximum Gasteiger partial charge on any atom is 0.0577 e.